The van der Waals surface area contributed by atoms with E-state index in [1.165, 1.54) is 9.80 Å². The van der Waals surface area contributed by atoms with Gasteiger partial charge in [0.25, 0.3) is 11.6 Å². The first-order valence-corrected chi connectivity index (χ1v) is 13.7. The number of nitrogen functional groups attached to an aromatic ring is 1. The third kappa shape index (κ3) is 5.89. The molecule has 1 heterocycles. The van der Waals surface area contributed by atoms with E-state index in [-0.39, 0.29) is 63.9 Å². The number of carbonyl (C=O) groups excluding carboxylic acids is 1. The van der Waals surface area contributed by atoms with Gasteiger partial charge in [0.2, 0.25) is 0 Å². The van der Waals surface area contributed by atoms with Crippen LogP contribution in [0.25, 0.3) is 0 Å². The van der Waals surface area contributed by atoms with Crippen LogP contribution in [0, 0.1) is 20.2 Å². The Labute approximate surface area is 267 Å². The van der Waals surface area contributed by atoms with Crippen LogP contribution in [0.4, 0.5) is 51.2 Å². The number of amides is 1. The van der Waals surface area contributed by atoms with Crippen LogP contribution < -0.4 is 50.4 Å². The summed E-state index contributed by atoms with van der Waals surface area (Å²) < 4.78 is 35.3. The number of nitrogens with one attached hydrogen (secondary N) is 1. The van der Waals surface area contributed by atoms with E-state index in [4.69, 9.17) is 5.73 Å². The maximum atomic E-state index is 13.1. The zero-order chi connectivity index (χ0) is 30.3. The van der Waals surface area contributed by atoms with Gasteiger partial charge in [0.1, 0.15) is 15.8 Å². The number of nitro groups is 2. The number of nitro benzene ring substituents is 2. The van der Waals surface area contributed by atoms with Crippen molar-refractivity contribution in [1.82, 2.24) is 0 Å². The van der Waals surface area contributed by atoms with E-state index in [2.05, 4.69) is 5.32 Å². The fraction of sp³-hybridized carbons (Fsp3) is 0.0741. The van der Waals surface area contributed by atoms with Crippen LogP contribution in [0.3, 0.4) is 0 Å². The van der Waals surface area contributed by atoms with Crippen molar-refractivity contribution in [3.8, 4) is 0 Å². The molecule has 0 atom stereocenters. The van der Waals surface area contributed by atoms with Crippen molar-refractivity contribution >= 4 is 67.2 Å². The number of non-ortho nitro benzene ring substituents is 1. The second-order valence-electron chi connectivity index (χ2n) is 9.13. The van der Waals surface area contributed by atoms with Crippen LogP contribution in [-0.4, -0.2) is 35.3 Å². The number of anilines is 7. The molecule has 0 unspecified atom stereocenters. The number of nitrogens with zero attached hydrogens (tertiary/aromatic N) is 4. The Hall–Kier alpha value is -4.54. The monoisotopic (exact) mass is 612 g/mol. The Bertz CT molecular complexity index is 1870. The molecule has 0 saturated heterocycles. The predicted molar refractivity (Wildman–Crippen MR) is 154 cm³/mol. The molecule has 4 aromatic carbocycles. The van der Waals surface area contributed by atoms with Crippen LogP contribution in [0.1, 0.15) is 17.3 Å². The van der Waals surface area contributed by atoms with Crippen molar-refractivity contribution in [2.75, 3.05) is 27.4 Å². The summed E-state index contributed by atoms with van der Waals surface area (Å²) in [5.74, 6) is -0.245. The minimum atomic E-state index is -4.96. The third-order valence-corrected chi connectivity index (χ3v) is 7.43. The molecule has 3 N–H and O–H groups in total. The molecule has 1 aliphatic heterocycles. The van der Waals surface area contributed by atoms with E-state index in [1.54, 1.807) is 61.5 Å². The normalized spacial score (nSPS) is 11.8. The minimum Gasteiger partial charge on any atom is -0.744 e. The fourth-order valence-corrected chi connectivity index (χ4v) is 5.29. The second-order valence-corrected chi connectivity index (χ2v) is 10.5. The number of nitrogens with two attached hydrogens (primary N) is 1. The summed E-state index contributed by atoms with van der Waals surface area (Å²) in [6, 6.07) is 18.9. The molecule has 0 bridgehead atoms. The Balaban J connectivity index is 0.00000423. The van der Waals surface area contributed by atoms with Crippen LogP contribution in [0.5, 0.6) is 0 Å². The van der Waals surface area contributed by atoms with Gasteiger partial charge in [-0.1, -0.05) is 18.2 Å². The van der Waals surface area contributed by atoms with E-state index in [9.17, 15) is 38.0 Å². The summed E-state index contributed by atoms with van der Waals surface area (Å²) >= 11 is 0. The molecule has 0 aromatic heterocycles. The average Bonchev–Trinajstić information content (AvgIpc) is 2.96. The molecule has 14 nitrogen and oxygen atoms in total. The maximum absolute atomic E-state index is 13.1. The second kappa shape index (κ2) is 12.0. The molecule has 43 heavy (non-hydrogen) atoms. The SMILES string of the molecule is CCN(C(=O)c1ccccc1)c1ccc(N2c3cc([N+](=O)[O-])cc([N+](=O)[O-])c3Nc3cc(S(=O)(=O)[O-])cc(N)c32)cc1.[Na+]. The number of hydrogen-bond donors (Lipinski definition) is 2. The van der Waals surface area contributed by atoms with Crippen LogP contribution in [0.15, 0.2) is 83.8 Å². The van der Waals surface area contributed by atoms with Gasteiger partial charge in [0.15, 0.2) is 0 Å². The molecule has 16 heteroatoms. The van der Waals surface area contributed by atoms with Gasteiger partial charge in [-0.2, -0.15) is 0 Å². The summed E-state index contributed by atoms with van der Waals surface area (Å²) in [5.41, 5.74) is 5.97. The van der Waals surface area contributed by atoms with Crippen LogP contribution in [0.2, 0.25) is 0 Å². The zero-order valence-corrected chi connectivity index (χ0v) is 25.6. The third-order valence-electron chi connectivity index (χ3n) is 6.62. The molecular formula is C27H21N6NaO8S. The molecule has 5 rings (SSSR count). The molecule has 0 saturated carbocycles. The van der Waals surface area contributed by atoms with Gasteiger partial charge in [-0.3, -0.25) is 25.0 Å². The Morgan fingerprint density at radius 3 is 2.19 bits per heavy atom. The minimum absolute atomic E-state index is 0. The molecular weight excluding hydrogens is 591 g/mol. The zero-order valence-electron chi connectivity index (χ0n) is 22.8. The molecule has 1 aliphatic rings. The smallest absolute Gasteiger partial charge is 0.744 e. The maximum Gasteiger partial charge on any atom is 1.00 e. The largest absolute Gasteiger partial charge is 1.00 e. The molecule has 0 radical (unpaired) electrons. The standard InChI is InChI=1S/C27H22N6O8S.Na/c1-2-30(27(34)16-6-4-3-5-7-16)17-8-10-18(11-9-17)31-23-12-19(32(35)36)13-24(33(37)38)25(23)29-22-15-20(42(39,40)41)14-21(28)26(22)31;/h3-15,29H,2,28H2,1H3,(H,39,40,41);/q;+1/p-1. The number of hydrogen-bond acceptors (Lipinski definition) is 11. The summed E-state index contributed by atoms with van der Waals surface area (Å²) in [7, 11) is -4.96. The van der Waals surface area contributed by atoms with Gasteiger partial charge in [-0.25, -0.2) is 8.42 Å². The van der Waals surface area contributed by atoms with Gasteiger partial charge < -0.3 is 25.4 Å². The fourth-order valence-electron chi connectivity index (χ4n) is 4.75. The molecule has 4 aromatic rings. The van der Waals surface area contributed by atoms with Crippen molar-refractivity contribution in [2.45, 2.75) is 11.8 Å². The topological polar surface area (TPSA) is 205 Å². The van der Waals surface area contributed by atoms with Crippen LogP contribution in [-0.2, 0) is 10.1 Å². The van der Waals surface area contributed by atoms with E-state index in [1.807, 2.05) is 0 Å². The van der Waals surface area contributed by atoms with Gasteiger partial charge in [-0.05, 0) is 55.5 Å². The number of rotatable bonds is 7. The van der Waals surface area contributed by atoms with Crippen molar-refractivity contribution < 1.29 is 57.2 Å². The van der Waals surface area contributed by atoms with E-state index >= 15 is 0 Å². The molecule has 0 aliphatic carbocycles. The Morgan fingerprint density at radius 2 is 1.63 bits per heavy atom. The number of carbonyl (C=O) groups is 1. The van der Waals surface area contributed by atoms with Gasteiger partial charge in [0, 0.05) is 29.5 Å². The van der Waals surface area contributed by atoms with Crippen molar-refractivity contribution in [3.05, 3.63) is 105 Å². The molecule has 0 fully saturated rings. The molecule has 0 spiro atoms. The molecule has 1 amide bonds. The van der Waals surface area contributed by atoms with Crippen molar-refractivity contribution in [2.24, 2.45) is 0 Å². The van der Waals surface area contributed by atoms with Gasteiger partial charge in [-0.15, -0.1) is 0 Å². The van der Waals surface area contributed by atoms with Gasteiger partial charge in [0.05, 0.1) is 43.6 Å². The summed E-state index contributed by atoms with van der Waals surface area (Å²) in [6.07, 6.45) is 0. The quantitative estimate of drug-likeness (QED) is 0.0896. The van der Waals surface area contributed by atoms with E-state index in [0.717, 1.165) is 24.3 Å². The predicted octanol–water partition coefficient (Wildman–Crippen LogP) is 2.19. The average molecular weight is 613 g/mol. The summed E-state index contributed by atoms with van der Waals surface area (Å²) in [5, 5.41) is 26.4. The first-order chi connectivity index (χ1) is 19.9. The Morgan fingerprint density at radius 1 is 0.977 bits per heavy atom. The van der Waals surface area contributed by atoms with Crippen molar-refractivity contribution in [3.63, 3.8) is 0 Å². The van der Waals surface area contributed by atoms with Gasteiger partial charge >= 0.3 is 35.2 Å². The molecule has 214 valence electrons. The Kier molecular flexibility index (Phi) is 8.75. The van der Waals surface area contributed by atoms with Crippen LogP contribution >= 0.6 is 0 Å². The van der Waals surface area contributed by atoms with E-state index in [0.29, 0.717) is 23.5 Å². The van der Waals surface area contributed by atoms with E-state index < -0.39 is 36.2 Å². The number of benzene rings is 4. The first kappa shape index (κ1) is 31.4. The van der Waals surface area contributed by atoms with Crippen molar-refractivity contribution in [1.29, 1.82) is 0 Å². The summed E-state index contributed by atoms with van der Waals surface area (Å²) in [6.45, 7) is 2.14. The number of fused-ring (bicyclic) bond motifs is 2. The first-order valence-electron chi connectivity index (χ1n) is 12.3. The summed E-state index contributed by atoms with van der Waals surface area (Å²) in [4.78, 5) is 37.4.